The second-order valence-electron chi connectivity index (χ2n) is 5.83. The standard InChI is InChI=1S/C13H25NO3/c1-10-6-5-7-11(8-9-15)14(10)12(16)17-13(2,3)4/h10-11,15H,5-9H2,1-4H3/t10-,11+/m0/s1. The minimum atomic E-state index is -0.460. The van der Waals surface area contributed by atoms with Crippen LogP contribution in [0.5, 0.6) is 0 Å². The van der Waals surface area contributed by atoms with Crippen LogP contribution in [0.4, 0.5) is 4.79 Å². The molecule has 1 amide bonds. The molecule has 100 valence electrons. The van der Waals surface area contributed by atoms with Crippen LogP contribution in [0.25, 0.3) is 0 Å². The summed E-state index contributed by atoms with van der Waals surface area (Å²) in [6, 6.07) is 0.328. The number of amides is 1. The van der Waals surface area contributed by atoms with Gasteiger partial charge in [-0.15, -0.1) is 0 Å². The minimum absolute atomic E-state index is 0.122. The summed E-state index contributed by atoms with van der Waals surface area (Å²) in [5, 5.41) is 9.06. The van der Waals surface area contributed by atoms with Crippen LogP contribution in [-0.2, 0) is 4.74 Å². The Morgan fingerprint density at radius 1 is 1.41 bits per heavy atom. The third kappa shape index (κ3) is 4.19. The first-order chi connectivity index (χ1) is 7.85. The van der Waals surface area contributed by atoms with Crippen molar-refractivity contribution in [2.75, 3.05) is 6.61 Å². The summed E-state index contributed by atoms with van der Waals surface area (Å²) in [7, 11) is 0. The van der Waals surface area contributed by atoms with Gasteiger partial charge in [0.25, 0.3) is 0 Å². The SMILES string of the molecule is C[C@H]1CCC[C@H](CCO)N1C(=O)OC(C)(C)C. The molecule has 1 rings (SSSR count). The summed E-state index contributed by atoms with van der Waals surface area (Å²) < 4.78 is 5.43. The minimum Gasteiger partial charge on any atom is -0.444 e. The zero-order valence-electron chi connectivity index (χ0n) is 11.4. The number of piperidine rings is 1. The van der Waals surface area contributed by atoms with Crippen LogP contribution < -0.4 is 0 Å². The van der Waals surface area contributed by atoms with Gasteiger partial charge in [-0.1, -0.05) is 0 Å². The molecule has 17 heavy (non-hydrogen) atoms. The summed E-state index contributed by atoms with van der Waals surface area (Å²) in [6.07, 6.45) is 3.49. The van der Waals surface area contributed by atoms with E-state index in [4.69, 9.17) is 9.84 Å². The average Bonchev–Trinajstić information content (AvgIpc) is 2.15. The van der Waals surface area contributed by atoms with Crippen molar-refractivity contribution in [3.63, 3.8) is 0 Å². The summed E-state index contributed by atoms with van der Waals surface area (Å²) in [5.74, 6) is 0. The predicted molar refractivity (Wildman–Crippen MR) is 66.9 cm³/mol. The van der Waals surface area contributed by atoms with E-state index in [0.29, 0.717) is 6.42 Å². The van der Waals surface area contributed by atoms with Crippen LogP contribution in [0.3, 0.4) is 0 Å². The van der Waals surface area contributed by atoms with Crippen molar-refractivity contribution in [2.24, 2.45) is 0 Å². The molecule has 1 heterocycles. The number of hydrogen-bond acceptors (Lipinski definition) is 3. The van der Waals surface area contributed by atoms with Gasteiger partial charge in [-0.3, -0.25) is 0 Å². The van der Waals surface area contributed by atoms with Crippen LogP contribution >= 0.6 is 0 Å². The van der Waals surface area contributed by atoms with E-state index in [1.807, 2.05) is 32.6 Å². The van der Waals surface area contributed by atoms with E-state index >= 15 is 0 Å². The summed E-state index contributed by atoms with van der Waals surface area (Å²) in [5.41, 5.74) is -0.460. The highest BCUT2D eigenvalue weighted by Gasteiger charge is 2.34. The van der Waals surface area contributed by atoms with E-state index in [2.05, 4.69) is 0 Å². The Morgan fingerprint density at radius 3 is 2.59 bits per heavy atom. The molecular weight excluding hydrogens is 218 g/mol. The number of aliphatic hydroxyl groups excluding tert-OH is 1. The van der Waals surface area contributed by atoms with E-state index in [1.165, 1.54) is 0 Å². The monoisotopic (exact) mass is 243 g/mol. The molecule has 1 saturated heterocycles. The lowest BCUT2D eigenvalue weighted by atomic mass is 9.95. The second-order valence-corrected chi connectivity index (χ2v) is 5.83. The van der Waals surface area contributed by atoms with Crippen molar-refractivity contribution in [3.8, 4) is 0 Å². The fraction of sp³-hybridized carbons (Fsp3) is 0.923. The second kappa shape index (κ2) is 5.71. The Bertz CT molecular complexity index is 258. The number of aliphatic hydroxyl groups is 1. The van der Waals surface area contributed by atoms with Gasteiger partial charge in [-0.2, -0.15) is 0 Å². The van der Waals surface area contributed by atoms with Crippen LogP contribution in [-0.4, -0.2) is 40.4 Å². The van der Waals surface area contributed by atoms with Gasteiger partial charge in [-0.05, 0) is 53.4 Å². The number of ether oxygens (including phenoxy) is 1. The molecule has 1 N–H and O–H groups in total. The zero-order valence-corrected chi connectivity index (χ0v) is 11.4. The quantitative estimate of drug-likeness (QED) is 0.811. The highest BCUT2D eigenvalue weighted by molar-refractivity contribution is 5.69. The molecule has 0 spiro atoms. The number of carbonyl (C=O) groups is 1. The third-order valence-electron chi connectivity index (χ3n) is 3.09. The molecule has 1 aliphatic heterocycles. The fourth-order valence-corrected chi connectivity index (χ4v) is 2.36. The number of rotatable bonds is 2. The first kappa shape index (κ1) is 14.3. The van der Waals surface area contributed by atoms with Crippen molar-refractivity contribution in [3.05, 3.63) is 0 Å². The molecule has 1 fully saturated rings. The number of likely N-dealkylation sites (tertiary alicyclic amines) is 1. The Balaban J connectivity index is 2.70. The molecule has 0 aromatic carbocycles. The maximum absolute atomic E-state index is 12.1. The van der Waals surface area contributed by atoms with Gasteiger partial charge in [0.2, 0.25) is 0 Å². The van der Waals surface area contributed by atoms with Crippen LogP contribution in [0.2, 0.25) is 0 Å². The zero-order chi connectivity index (χ0) is 13.1. The maximum atomic E-state index is 12.1. The molecule has 4 nitrogen and oxygen atoms in total. The van der Waals surface area contributed by atoms with E-state index in [-0.39, 0.29) is 24.8 Å². The molecule has 0 bridgehead atoms. The van der Waals surface area contributed by atoms with Crippen molar-refractivity contribution in [2.45, 2.75) is 71.1 Å². The van der Waals surface area contributed by atoms with E-state index in [9.17, 15) is 4.79 Å². The van der Waals surface area contributed by atoms with Crippen LogP contribution in [0.1, 0.15) is 53.4 Å². The van der Waals surface area contributed by atoms with E-state index < -0.39 is 5.60 Å². The van der Waals surface area contributed by atoms with Crippen molar-refractivity contribution >= 4 is 6.09 Å². The molecule has 0 radical (unpaired) electrons. The lowest BCUT2D eigenvalue weighted by Crippen LogP contribution is -2.50. The maximum Gasteiger partial charge on any atom is 0.410 e. The smallest absolute Gasteiger partial charge is 0.410 e. The summed E-state index contributed by atoms with van der Waals surface area (Å²) >= 11 is 0. The number of hydrogen-bond donors (Lipinski definition) is 1. The number of nitrogens with zero attached hydrogens (tertiary/aromatic N) is 1. The lowest BCUT2D eigenvalue weighted by molar-refractivity contribution is -0.00604. The summed E-state index contributed by atoms with van der Waals surface area (Å²) in [6.45, 7) is 7.80. The number of carbonyl (C=O) groups excluding carboxylic acids is 1. The lowest BCUT2D eigenvalue weighted by Gasteiger charge is -2.41. The molecule has 0 aromatic heterocycles. The van der Waals surface area contributed by atoms with Gasteiger partial charge >= 0.3 is 6.09 Å². The molecule has 0 saturated carbocycles. The van der Waals surface area contributed by atoms with Crippen molar-refractivity contribution in [1.29, 1.82) is 0 Å². The predicted octanol–water partition coefficient (Wildman–Crippen LogP) is 2.55. The Hall–Kier alpha value is -0.770. The van der Waals surface area contributed by atoms with Gasteiger partial charge in [-0.25, -0.2) is 4.79 Å². The van der Waals surface area contributed by atoms with E-state index in [1.54, 1.807) is 0 Å². The van der Waals surface area contributed by atoms with Crippen molar-refractivity contribution in [1.82, 2.24) is 4.90 Å². The van der Waals surface area contributed by atoms with Gasteiger partial charge in [0.1, 0.15) is 5.60 Å². The molecule has 0 unspecified atom stereocenters. The molecule has 2 atom stereocenters. The van der Waals surface area contributed by atoms with E-state index in [0.717, 1.165) is 19.3 Å². The third-order valence-corrected chi connectivity index (χ3v) is 3.09. The Labute approximate surface area is 104 Å². The normalized spacial score (nSPS) is 25.8. The van der Waals surface area contributed by atoms with Gasteiger partial charge in [0.15, 0.2) is 0 Å². The summed E-state index contributed by atoms with van der Waals surface area (Å²) in [4.78, 5) is 13.9. The van der Waals surface area contributed by atoms with Gasteiger partial charge in [0, 0.05) is 18.7 Å². The highest BCUT2D eigenvalue weighted by atomic mass is 16.6. The Kier molecular flexibility index (Phi) is 4.80. The van der Waals surface area contributed by atoms with Crippen LogP contribution in [0, 0.1) is 0 Å². The van der Waals surface area contributed by atoms with Crippen molar-refractivity contribution < 1.29 is 14.6 Å². The molecule has 0 aromatic rings. The first-order valence-electron chi connectivity index (χ1n) is 6.47. The molecule has 1 aliphatic rings. The Morgan fingerprint density at radius 2 is 2.06 bits per heavy atom. The first-order valence-corrected chi connectivity index (χ1v) is 6.47. The topological polar surface area (TPSA) is 49.8 Å². The van der Waals surface area contributed by atoms with Gasteiger partial charge in [0.05, 0.1) is 0 Å². The van der Waals surface area contributed by atoms with Crippen LogP contribution in [0.15, 0.2) is 0 Å². The highest BCUT2D eigenvalue weighted by Crippen LogP contribution is 2.26. The molecule has 4 heteroatoms. The average molecular weight is 243 g/mol. The largest absolute Gasteiger partial charge is 0.444 e. The molecular formula is C13H25NO3. The van der Waals surface area contributed by atoms with Gasteiger partial charge < -0.3 is 14.7 Å². The molecule has 0 aliphatic carbocycles. The fourth-order valence-electron chi connectivity index (χ4n) is 2.36.